The molecule has 0 aromatic heterocycles. The number of nitrogens with two attached hydrogens (primary N) is 1. The molecule has 3 nitrogen and oxygen atoms in total. The SMILES string of the molecule is CC1=C(C(N)=O)c2ccccc2SN1. The summed E-state index contributed by atoms with van der Waals surface area (Å²) < 4.78 is 3.07. The maximum Gasteiger partial charge on any atom is 0.251 e. The highest BCUT2D eigenvalue weighted by molar-refractivity contribution is 7.97. The lowest BCUT2D eigenvalue weighted by molar-refractivity contribution is -0.112. The molecule has 0 saturated heterocycles. The molecule has 72 valence electrons. The zero-order valence-corrected chi connectivity index (χ0v) is 8.52. The lowest BCUT2D eigenvalue weighted by Crippen LogP contribution is -2.21. The van der Waals surface area contributed by atoms with Gasteiger partial charge in [0.15, 0.2) is 0 Å². The summed E-state index contributed by atoms with van der Waals surface area (Å²) in [6, 6.07) is 7.71. The quantitative estimate of drug-likeness (QED) is 0.685. The van der Waals surface area contributed by atoms with Gasteiger partial charge in [-0.25, -0.2) is 0 Å². The van der Waals surface area contributed by atoms with Crippen LogP contribution in [0.3, 0.4) is 0 Å². The van der Waals surface area contributed by atoms with Gasteiger partial charge in [0.1, 0.15) is 0 Å². The van der Waals surface area contributed by atoms with Crippen LogP contribution < -0.4 is 10.5 Å². The van der Waals surface area contributed by atoms with E-state index in [0.717, 1.165) is 16.2 Å². The lowest BCUT2D eigenvalue weighted by Gasteiger charge is -2.19. The summed E-state index contributed by atoms with van der Waals surface area (Å²) in [6.07, 6.45) is 0. The average Bonchev–Trinajstić information content (AvgIpc) is 2.17. The molecule has 2 rings (SSSR count). The van der Waals surface area contributed by atoms with Gasteiger partial charge >= 0.3 is 0 Å². The van der Waals surface area contributed by atoms with Crippen LogP contribution in [0.25, 0.3) is 5.57 Å². The van der Waals surface area contributed by atoms with Crippen molar-refractivity contribution >= 4 is 23.4 Å². The molecule has 0 saturated carbocycles. The predicted octanol–water partition coefficient (Wildman–Crippen LogP) is 1.51. The number of benzene rings is 1. The number of allylic oxidation sites excluding steroid dienone is 1. The van der Waals surface area contributed by atoms with Gasteiger partial charge in [-0.1, -0.05) is 18.2 Å². The minimum Gasteiger partial charge on any atom is -0.366 e. The molecule has 1 aliphatic rings. The van der Waals surface area contributed by atoms with Crippen molar-refractivity contribution in [2.75, 3.05) is 0 Å². The topological polar surface area (TPSA) is 55.1 Å². The molecule has 0 unspecified atom stereocenters. The van der Waals surface area contributed by atoms with E-state index < -0.39 is 0 Å². The second-order valence-electron chi connectivity index (χ2n) is 3.06. The fraction of sp³-hybridized carbons (Fsp3) is 0.100. The molecule has 1 aliphatic heterocycles. The Morgan fingerprint density at radius 2 is 2.14 bits per heavy atom. The van der Waals surface area contributed by atoms with Crippen LogP contribution in [0, 0.1) is 0 Å². The van der Waals surface area contributed by atoms with Crippen molar-refractivity contribution in [2.24, 2.45) is 5.73 Å². The number of primary amides is 1. The summed E-state index contributed by atoms with van der Waals surface area (Å²) in [6.45, 7) is 1.85. The highest BCUT2D eigenvalue weighted by Gasteiger charge is 2.20. The number of fused-ring (bicyclic) bond motifs is 1. The van der Waals surface area contributed by atoms with Crippen molar-refractivity contribution in [3.05, 3.63) is 35.5 Å². The monoisotopic (exact) mass is 206 g/mol. The van der Waals surface area contributed by atoms with Crippen molar-refractivity contribution in [3.63, 3.8) is 0 Å². The summed E-state index contributed by atoms with van der Waals surface area (Å²) in [5.41, 5.74) is 7.65. The maximum absolute atomic E-state index is 11.2. The van der Waals surface area contributed by atoms with Crippen molar-refractivity contribution in [1.29, 1.82) is 0 Å². The molecule has 3 N–H and O–H groups in total. The Labute approximate surface area is 86.5 Å². The van der Waals surface area contributed by atoms with Crippen molar-refractivity contribution in [1.82, 2.24) is 4.72 Å². The van der Waals surface area contributed by atoms with Gasteiger partial charge in [0.25, 0.3) is 5.91 Å². The maximum atomic E-state index is 11.2. The number of carbonyl (C=O) groups excluding carboxylic acids is 1. The Hall–Kier alpha value is -1.42. The van der Waals surface area contributed by atoms with E-state index in [9.17, 15) is 4.79 Å². The average molecular weight is 206 g/mol. The van der Waals surface area contributed by atoms with E-state index in [2.05, 4.69) is 4.72 Å². The smallest absolute Gasteiger partial charge is 0.251 e. The van der Waals surface area contributed by atoms with Crippen LogP contribution >= 0.6 is 11.9 Å². The molecular formula is C10H10N2OS. The summed E-state index contributed by atoms with van der Waals surface area (Å²) in [4.78, 5) is 12.3. The summed E-state index contributed by atoms with van der Waals surface area (Å²) in [5.74, 6) is -0.386. The van der Waals surface area contributed by atoms with Gasteiger partial charge in [-0.05, 0) is 24.9 Å². The minimum absolute atomic E-state index is 0.386. The third-order valence-corrected chi connectivity index (χ3v) is 3.08. The Bertz CT molecular complexity index is 426. The molecule has 1 aromatic rings. The first-order valence-corrected chi connectivity index (χ1v) is 5.04. The van der Waals surface area contributed by atoms with E-state index in [-0.39, 0.29) is 5.91 Å². The highest BCUT2D eigenvalue weighted by Crippen LogP contribution is 2.33. The van der Waals surface area contributed by atoms with Gasteiger partial charge in [-0.2, -0.15) is 0 Å². The normalized spacial score (nSPS) is 14.6. The Balaban J connectivity index is 2.62. The first kappa shape index (κ1) is 9.15. The molecule has 0 bridgehead atoms. The van der Waals surface area contributed by atoms with E-state index in [0.29, 0.717) is 5.57 Å². The molecule has 1 aromatic carbocycles. The third kappa shape index (κ3) is 1.37. The Morgan fingerprint density at radius 3 is 2.86 bits per heavy atom. The van der Waals surface area contributed by atoms with Crippen molar-refractivity contribution in [2.45, 2.75) is 11.8 Å². The van der Waals surface area contributed by atoms with E-state index >= 15 is 0 Å². The van der Waals surface area contributed by atoms with Crippen LogP contribution in [0.1, 0.15) is 12.5 Å². The summed E-state index contributed by atoms with van der Waals surface area (Å²) in [5, 5.41) is 0. The second kappa shape index (κ2) is 3.38. The molecule has 0 fully saturated rings. The van der Waals surface area contributed by atoms with E-state index in [1.54, 1.807) is 0 Å². The van der Waals surface area contributed by atoms with Gasteiger partial charge in [0.2, 0.25) is 0 Å². The predicted molar refractivity (Wildman–Crippen MR) is 57.2 cm³/mol. The second-order valence-corrected chi connectivity index (χ2v) is 3.91. The number of hydrogen-bond acceptors (Lipinski definition) is 3. The molecule has 1 heterocycles. The molecular weight excluding hydrogens is 196 g/mol. The first-order valence-electron chi connectivity index (χ1n) is 4.23. The van der Waals surface area contributed by atoms with Gasteiger partial charge in [0, 0.05) is 16.2 Å². The van der Waals surface area contributed by atoms with Crippen LogP contribution in [-0.4, -0.2) is 5.91 Å². The standard InChI is InChI=1S/C10H10N2OS/c1-6-9(10(11)13)7-4-2-3-5-8(7)14-12-6/h2-5,12H,1H3,(H2,11,13). The molecule has 0 atom stereocenters. The fourth-order valence-electron chi connectivity index (χ4n) is 1.46. The lowest BCUT2D eigenvalue weighted by atomic mass is 10.0. The van der Waals surface area contributed by atoms with E-state index in [4.69, 9.17) is 5.73 Å². The van der Waals surface area contributed by atoms with E-state index in [1.807, 2.05) is 31.2 Å². The van der Waals surface area contributed by atoms with E-state index in [1.165, 1.54) is 11.9 Å². The fourth-order valence-corrected chi connectivity index (χ4v) is 2.26. The molecule has 14 heavy (non-hydrogen) atoms. The number of amides is 1. The van der Waals surface area contributed by atoms with Crippen molar-refractivity contribution in [3.8, 4) is 0 Å². The Morgan fingerprint density at radius 1 is 1.43 bits per heavy atom. The molecule has 1 amide bonds. The zero-order chi connectivity index (χ0) is 10.1. The van der Waals surface area contributed by atoms with Crippen LogP contribution in [0.2, 0.25) is 0 Å². The van der Waals surface area contributed by atoms with Gasteiger partial charge < -0.3 is 10.5 Å². The minimum atomic E-state index is -0.386. The van der Waals surface area contributed by atoms with Gasteiger partial charge in [-0.3, -0.25) is 4.79 Å². The molecule has 0 spiro atoms. The molecule has 0 radical (unpaired) electrons. The number of nitrogens with one attached hydrogen (secondary N) is 1. The van der Waals surface area contributed by atoms with Crippen LogP contribution in [0.5, 0.6) is 0 Å². The number of hydrogen-bond donors (Lipinski definition) is 2. The largest absolute Gasteiger partial charge is 0.366 e. The first-order chi connectivity index (χ1) is 6.70. The molecule has 4 heteroatoms. The molecule has 0 aliphatic carbocycles. The third-order valence-electron chi connectivity index (χ3n) is 2.09. The van der Waals surface area contributed by atoms with Crippen LogP contribution in [0.15, 0.2) is 34.9 Å². The summed E-state index contributed by atoms with van der Waals surface area (Å²) >= 11 is 1.50. The van der Waals surface area contributed by atoms with Gasteiger partial charge in [-0.15, -0.1) is 0 Å². The van der Waals surface area contributed by atoms with Crippen LogP contribution in [-0.2, 0) is 4.79 Å². The zero-order valence-electron chi connectivity index (χ0n) is 7.70. The van der Waals surface area contributed by atoms with Gasteiger partial charge in [0.05, 0.1) is 5.57 Å². The Kier molecular flexibility index (Phi) is 2.21. The summed E-state index contributed by atoms with van der Waals surface area (Å²) in [7, 11) is 0. The number of rotatable bonds is 1. The highest BCUT2D eigenvalue weighted by atomic mass is 32.2. The number of carbonyl (C=O) groups is 1. The van der Waals surface area contributed by atoms with Crippen LogP contribution in [0.4, 0.5) is 0 Å². The van der Waals surface area contributed by atoms with Crippen molar-refractivity contribution < 1.29 is 4.79 Å².